The zero-order valence-electron chi connectivity index (χ0n) is 12.1. The summed E-state index contributed by atoms with van der Waals surface area (Å²) >= 11 is 0. The molecular formula is C15H30N2O. The Morgan fingerprint density at radius 3 is 2.22 bits per heavy atom. The Kier molecular flexibility index (Phi) is 5.05. The second-order valence-electron chi connectivity index (χ2n) is 6.59. The van der Waals surface area contributed by atoms with Gasteiger partial charge in [-0.25, -0.2) is 5.01 Å². The highest BCUT2D eigenvalue weighted by atomic mass is 16.3. The number of piperidine rings is 1. The Labute approximate surface area is 112 Å². The van der Waals surface area contributed by atoms with E-state index in [4.69, 9.17) is 0 Å². The van der Waals surface area contributed by atoms with Gasteiger partial charge in [0.2, 0.25) is 0 Å². The van der Waals surface area contributed by atoms with Crippen molar-refractivity contribution in [3.8, 4) is 0 Å². The van der Waals surface area contributed by atoms with E-state index in [9.17, 15) is 5.11 Å². The maximum Gasteiger partial charge on any atom is 0.0500 e. The van der Waals surface area contributed by atoms with Crippen LogP contribution in [0.2, 0.25) is 0 Å². The summed E-state index contributed by atoms with van der Waals surface area (Å²) in [4.78, 5) is 0. The quantitative estimate of drug-likeness (QED) is 0.809. The van der Waals surface area contributed by atoms with Crippen molar-refractivity contribution in [1.82, 2.24) is 10.4 Å². The van der Waals surface area contributed by atoms with Crippen molar-refractivity contribution >= 4 is 0 Å². The van der Waals surface area contributed by atoms with Crippen molar-refractivity contribution in [2.75, 3.05) is 13.2 Å². The van der Waals surface area contributed by atoms with Crippen molar-refractivity contribution in [1.29, 1.82) is 0 Å². The number of aliphatic hydroxyl groups is 1. The van der Waals surface area contributed by atoms with Gasteiger partial charge in [-0.1, -0.05) is 25.7 Å². The molecule has 0 bridgehead atoms. The van der Waals surface area contributed by atoms with E-state index in [2.05, 4.69) is 24.3 Å². The molecule has 18 heavy (non-hydrogen) atoms. The first kappa shape index (κ1) is 14.3. The summed E-state index contributed by atoms with van der Waals surface area (Å²) in [5.74, 6) is 0. The molecule has 2 rings (SSSR count). The number of nitrogens with zero attached hydrogens (tertiary/aromatic N) is 1. The Balaban J connectivity index is 1.88. The van der Waals surface area contributed by atoms with E-state index in [1.807, 2.05) is 0 Å². The molecular weight excluding hydrogens is 224 g/mol. The van der Waals surface area contributed by atoms with E-state index in [1.165, 1.54) is 51.4 Å². The fraction of sp³-hybridized carbons (Fsp3) is 1.00. The first-order chi connectivity index (χ1) is 8.67. The van der Waals surface area contributed by atoms with Gasteiger partial charge in [-0.3, -0.25) is 5.43 Å². The third-order valence-electron chi connectivity index (χ3n) is 5.08. The standard InChI is InChI=1S/C15H30N2O/c1-13-7-6-8-14(2)17(13)16-11-15(12-18)9-4-3-5-10-15/h13-14,16,18H,3-12H2,1-2H3. The molecule has 1 aliphatic carbocycles. The normalized spacial score (nSPS) is 33.5. The second-order valence-corrected chi connectivity index (χ2v) is 6.59. The highest BCUT2D eigenvalue weighted by Crippen LogP contribution is 2.35. The van der Waals surface area contributed by atoms with Crippen LogP contribution in [0.15, 0.2) is 0 Å². The van der Waals surface area contributed by atoms with Gasteiger partial charge >= 0.3 is 0 Å². The fourth-order valence-corrected chi connectivity index (χ4v) is 3.68. The molecule has 0 aromatic rings. The minimum atomic E-state index is 0.148. The average Bonchev–Trinajstić information content (AvgIpc) is 2.39. The molecule has 0 amide bonds. The SMILES string of the molecule is CC1CCCC(C)N1NCC1(CO)CCCCC1. The summed E-state index contributed by atoms with van der Waals surface area (Å²) in [5, 5.41) is 12.2. The van der Waals surface area contributed by atoms with E-state index >= 15 is 0 Å². The number of hydrogen-bond acceptors (Lipinski definition) is 3. The predicted octanol–water partition coefficient (Wildman–Crippen LogP) is 2.70. The minimum absolute atomic E-state index is 0.148. The summed E-state index contributed by atoms with van der Waals surface area (Å²) in [6, 6.07) is 1.26. The van der Waals surface area contributed by atoms with E-state index in [1.54, 1.807) is 0 Å². The molecule has 2 fully saturated rings. The summed E-state index contributed by atoms with van der Waals surface area (Å²) in [7, 11) is 0. The van der Waals surface area contributed by atoms with E-state index in [-0.39, 0.29) is 5.41 Å². The molecule has 2 aliphatic rings. The monoisotopic (exact) mass is 254 g/mol. The summed E-state index contributed by atoms with van der Waals surface area (Å²) in [5.41, 5.74) is 3.80. The van der Waals surface area contributed by atoms with E-state index < -0.39 is 0 Å². The summed E-state index contributed by atoms with van der Waals surface area (Å²) < 4.78 is 0. The van der Waals surface area contributed by atoms with Crippen LogP contribution in [0.3, 0.4) is 0 Å². The topological polar surface area (TPSA) is 35.5 Å². The van der Waals surface area contributed by atoms with Crippen LogP contribution in [0.5, 0.6) is 0 Å². The summed E-state index contributed by atoms with van der Waals surface area (Å²) in [6.45, 7) is 5.93. The van der Waals surface area contributed by atoms with Gasteiger partial charge in [0.15, 0.2) is 0 Å². The van der Waals surface area contributed by atoms with Crippen molar-refractivity contribution < 1.29 is 5.11 Å². The molecule has 1 aliphatic heterocycles. The Bertz CT molecular complexity index is 241. The van der Waals surface area contributed by atoms with Crippen LogP contribution < -0.4 is 5.43 Å². The number of rotatable bonds is 4. The zero-order valence-corrected chi connectivity index (χ0v) is 12.1. The van der Waals surface area contributed by atoms with E-state index in [0.29, 0.717) is 18.7 Å². The molecule has 106 valence electrons. The van der Waals surface area contributed by atoms with Crippen molar-refractivity contribution in [3.05, 3.63) is 0 Å². The lowest BCUT2D eigenvalue weighted by Crippen LogP contribution is -2.55. The molecule has 3 heteroatoms. The molecule has 1 saturated carbocycles. The van der Waals surface area contributed by atoms with Gasteiger partial charge in [-0.05, 0) is 39.5 Å². The van der Waals surface area contributed by atoms with Gasteiger partial charge in [0.25, 0.3) is 0 Å². The number of nitrogens with one attached hydrogen (secondary N) is 1. The molecule has 1 heterocycles. The first-order valence-electron chi connectivity index (χ1n) is 7.80. The smallest absolute Gasteiger partial charge is 0.0500 e. The van der Waals surface area contributed by atoms with Crippen molar-refractivity contribution in [2.45, 2.75) is 77.3 Å². The van der Waals surface area contributed by atoms with Crippen LogP contribution in [0, 0.1) is 5.41 Å². The third-order valence-corrected chi connectivity index (χ3v) is 5.08. The Morgan fingerprint density at radius 2 is 1.67 bits per heavy atom. The molecule has 0 aromatic heterocycles. The van der Waals surface area contributed by atoms with Crippen LogP contribution >= 0.6 is 0 Å². The molecule has 2 atom stereocenters. The maximum absolute atomic E-state index is 9.74. The van der Waals surface area contributed by atoms with E-state index in [0.717, 1.165) is 6.54 Å². The fourth-order valence-electron chi connectivity index (χ4n) is 3.68. The zero-order chi connectivity index (χ0) is 13.0. The maximum atomic E-state index is 9.74. The minimum Gasteiger partial charge on any atom is -0.396 e. The average molecular weight is 254 g/mol. The molecule has 1 saturated heterocycles. The highest BCUT2D eigenvalue weighted by molar-refractivity contribution is 4.85. The molecule has 3 nitrogen and oxygen atoms in total. The lowest BCUT2D eigenvalue weighted by molar-refractivity contribution is 0.00304. The number of aliphatic hydroxyl groups excluding tert-OH is 1. The van der Waals surface area contributed by atoms with Crippen LogP contribution in [0.25, 0.3) is 0 Å². The second kappa shape index (κ2) is 6.36. The van der Waals surface area contributed by atoms with Crippen molar-refractivity contribution in [2.24, 2.45) is 5.41 Å². The van der Waals surface area contributed by atoms with Crippen LogP contribution in [0.1, 0.15) is 65.2 Å². The molecule has 0 spiro atoms. The third kappa shape index (κ3) is 3.25. The van der Waals surface area contributed by atoms with Crippen molar-refractivity contribution in [3.63, 3.8) is 0 Å². The lowest BCUT2D eigenvalue weighted by Gasteiger charge is -2.43. The summed E-state index contributed by atoms with van der Waals surface area (Å²) in [6.07, 6.45) is 10.2. The molecule has 2 N–H and O–H groups in total. The van der Waals surface area contributed by atoms with Gasteiger partial charge < -0.3 is 5.11 Å². The van der Waals surface area contributed by atoms with Gasteiger partial charge in [0, 0.05) is 30.7 Å². The Morgan fingerprint density at radius 1 is 1.06 bits per heavy atom. The Hall–Kier alpha value is -0.120. The van der Waals surface area contributed by atoms with Crippen LogP contribution in [0.4, 0.5) is 0 Å². The van der Waals surface area contributed by atoms with Gasteiger partial charge in [-0.15, -0.1) is 0 Å². The van der Waals surface area contributed by atoms with Gasteiger partial charge in [-0.2, -0.15) is 0 Å². The molecule has 0 aromatic carbocycles. The molecule has 2 unspecified atom stereocenters. The van der Waals surface area contributed by atoms with Gasteiger partial charge in [0.1, 0.15) is 0 Å². The lowest BCUT2D eigenvalue weighted by atomic mass is 9.75. The van der Waals surface area contributed by atoms with Crippen LogP contribution in [-0.2, 0) is 0 Å². The first-order valence-corrected chi connectivity index (χ1v) is 7.80. The van der Waals surface area contributed by atoms with Crippen LogP contribution in [-0.4, -0.2) is 35.4 Å². The number of hydrogen-bond donors (Lipinski definition) is 2. The predicted molar refractivity (Wildman–Crippen MR) is 75.2 cm³/mol. The largest absolute Gasteiger partial charge is 0.396 e. The highest BCUT2D eigenvalue weighted by Gasteiger charge is 2.33. The molecule has 0 radical (unpaired) electrons. The van der Waals surface area contributed by atoms with Gasteiger partial charge in [0.05, 0.1) is 0 Å². The number of hydrazine groups is 1.